The van der Waals surface area contributed by atoms with Crippen LogP contribution in [0, 0.1) is 0 Å². The molecule has 5 rings (SSSR count). The van der Waals surface area contributed by atoms with Crippen LogP contribution in [0.4, 0.5) is 0 Å². The van der Waals surface area contributed by atoms with Crippen molar-refractivity contribution in [2.75, 3.05) is 20.2 Å². The van der Waals surface area contributed by atoms with Gasteiger partial charge in [-0.25, -0.2) is 9.97 Å². The Hall–Kier alpha value is -3.04. The van der Waals surface area contributed by atoms with Gasteiger partial charge in [-0.2, -0.15) is 0 Å². The summed E-state index contributed by atoms with van der Waals surface area (Å²) in [5.74, 6) is 0.868. The van der Waals surface area contributed by atoms with Crippen molar-refractivity contribution in [2.45, 2.75) is 43.7 Å². The number of ether oxygens (including phenoxy) is 1. The van der Waals surface area contributed by atoms with E-state index in [-0.39, 0.29) is 23.4 Å². The first-order valence-corrected chi connectivity index (χ1v) is 11.5. The van der Waals surface area contributed by atoms with Gasteiger partial charge >= 0.3 is 6.01 Å². The van der Waals surface area contributed by atoms with Crippen LogP contribution in [-0.2, 0) is 12.0 Å². The SMILES string of the molecule is COc1ncc(-c2nnc3n2CCN(C2CCC(CN)(c4cccc(Cl)c4)CC2)C3=O)cn1. The minimum atomic E-state index is -0.0954. The molecule has 2 N–H and O–H groups in total. The van der Waals surface area contributed by atoms with Crippen LogP contribution in [-0.4, -0.2) is 61.8 Å². The van der Waals surface area contributed by atoms with E-state index in [9.17, 15) is 4.79 Å². The lowest BCUT2D eigenvalue weighted by atomic mass is 9.68. The zero-order chi connectivity index (χ0) is 23.0. The second-order valence-corrected chi connectivity index (χ2v) is 9.12. The highest BCUT2D eigenvalue weighted by Crippen LogP contribution is 2.41. The second kappa shape index (κ2) is 8.72. The fraction of sp³-hybridized carbons (Fsp3) is 0.435. The second-order valence-electron chi connectivity index (χ2n) is 8.68. The van der Waals surface area contributed by atoms with Gasteiger partial charge in [0, 0.05) is 48.5 Å². The quantitative estimate of drug-likeness (QED) is 0.613. The highest BCUT2D eigenvalue weighted by molar-refractivity contribution is 6.30. The Morgan fingerprint density at radius 1 is 1.15 bits per heavy atom. The third-order valence-corrected chi connectivity index (χ3v) is 7.25. The molecule has 0 radical (unpaired) electrons. The molecule has 3 heterocycles. The normalized spacial score (nSPS) is 22.8. The molecule has 172 valence electrons. The van der Waals surface area contributed by atoms with Gasteiger partial charge < -0.3 is 19.9 Å². The van der Waals surface area contributed by atoms with Crippen molar-refractivity contribution in [3.05, 3.63) is 53.1 Å². The number of carbonyl (C=O) groups is 1. The Bertz CT molecular complexity index is 1160. The van der Waals surface area contributed by atoms with E-state index in [0.717, 1.165) is 30.7 Å². The number of hydrogen-bond acceptors (Lipinski definition) is 7. The number of nitrogens with zero attached hydrogens (tertiary/aromatic N) is 6. The Labute approximate surface area is 196 Å². The lowest BCUT2D eigenvalue weighted by molar-refractivity contribution is 0.0523. The maximum atomic E-state index is 13.3. The zero-order valence-electron chi connectivity index (χ0n) is 18.4. The summed E-state index contributed by atoms with van der Waals surface area (Å²) in [4.78, 5) is 23.5. The van der Waals surface area contributed by atoms with E-state index < -0.39 is 0 Å². The molecule has 3 aromatic rings. The number of amides is 1. The molecule has 0 spiro atoms. The van der Waals surface area contributed by atoms with Crippen molar-refractivity contribution in [2.24, 2.45) is 5.73 Å². The number of nitrogens with two attached hydrogens (primary N) is 1. The summed E-state index contributed by atoms with van der Waals surface area (Å²) in [6.07, 6.45) is 6.87. The molecule has 10 heteroatoms. The van der Waals surface area contributed by atoms with E-state index in [0.29, 0.717) is 36.8 Å². The Kier molecular flexibility index (Phi) is 5.76. The predicted molar refractivity (Wildman–Crippen MR) is 123 cm³/mol. The van der Waals surface area contributed by atoms with E-state index >= 15 is 0 Å². The Morgan fingerprint density at radius 3 is 2.55 bits per heavy atom. The highest BCUT2D eigenvalue weighted by atomic mass is 35.5. The van der Waals surface area contributed by atoms with Crippen LogP contribution in [0.3, 0.4) is 0 Å². The fourth-order valence-corrected chi connectivity index (χ4v) is 5.30. The number of methoxy groups -OCH3 is 1. The first-order chi connectivity index (χ1) is 16.0. The van der Waals surface area contributed by atoms with E-state index in [1.165, 1.54) is 12.7 Å². The topological polar surface area (TPSA) is 112 Å². The third-order valence-electron chi connectivity index (χ3n) is 7.02. The molecule has 2 aromatic heterocycles. The molecule has 1 aliphatic carbocycles. The molecule has 1 fully saturated rings. The molecule has 33 heavy (non-hydrogen) atoms. The maximum Gasteiger partial charge on any atom is 0.316 e. The van der Waals surface area contributed by atoms with Crippen molar-refractivity contribution in [3.8, 4) is 17.4 Å². The van der Waals surface area contributed by atoms with E-state index in [1.54, 1.807) is 12.4 Å². The molecule has 9 nitrogen and oxygen atoms in total. The molecule has 0 unspecified atom stereocenters. The Morgan fingerprint density at radius 2 is 1.88 bits per heavy atom. The smallest absolute Gasteiger partial charge is 0.316 e. The van der Waals surface area contributed by atoms with Crippen LogP contribution < -0.4 is 10.5 Å². The molecular formula is C23H26ClN7O2. The van der Waals surface area contributed by atoms with Gasteiger partial charge in [-0.15, -0.1) is 10.2 Å². The van der Waals surface area contributed by atoms with Crippen LogP contribution in [0.5, 0.6) is 6.01 Å². The van der Waals surface area contributed by atoms with Crippen LogP contribution in [0.1, 0.15) is 41.9 Å². The standard InChI is InChI=1S/C23H26ClN7O2/c1-33-22-26-12-15(13-27-22)19-28-29-20-21(32)30(9-10-31(19)20)18-5-7-23(14-25,8-6-18)16-3-2-4-17(24)11-16/h2-4,11-13,18H,5-10,14,25H2,1H3. The predicted octanol–water partition coefficient (Wildman–Crippen LogP) is 2.69. The number of halogens is 1. The van der Waals surface area contributed by atoms with Gasteiger partial charge in [0.05, 0.1) is 12.7 Å². The molecule has 0 atom stereocenters. The summed E-state index contributed by atoms with van der Waals surface area (Å²) in [5, 5.41) is 9.19. The number of aromatic nitrogens is 5. The number of rotatable bonds is 5. The van der Waals surface area contributed by atoms with Gasteiger partial charge in [0.15, 0.2) is 5.82 Å². The van der Waals surface area contributed by atoms with Crippen molar-refractivity contribution in [1.29, 1.82) is 0 Å². The number of fused-ring (bicyclic) bond motifs is 1. The van der Waals surface area contributed by atoms with Gasteiger partial charge in [0.1, 0.15) is 0 Å². The monoisotopic (exact) mass is 467 g/mol. The summed E-state index contributed by atoms with van der Waals surface area (Å²) < 4.78 is 6.86. The minimum absolute atomic E-state index is 0.0811. The Balaban J connectivity index is 1.32. The van der Waals surface area contributed by atoms with Crippen molar-refractivity contribution < 1.29 is 9.53 Å². The third kappa shape index (κ3) is 3.85. The lowest BCUT2D eigenvalue weighted by Crippen LogP contribution is -2.50. The maximum absolute atomic E-state index is 13.3. The van der Waals surface area contributed by atoms with Gasteiger partial charge in [-0.1, -0.05) is 23.7 Å². The molecule has 1 amide bonds. The fourth-order valence-electron chi connectivity index (χ4n) is 5.11. The van der Waals surface area contributed by atoms with Crippen LogP contribution in [0.2, 0.25) is 5.02 Å². The van der Waals surface area contributed by atoms with Crippen molar-refractivity contribution >= 4 is 17.5 Å². The number of hydrogen-bond donors (Lipinski definition) is 1. The minimum Gasteiger partial charge on any atom is -0.467 e. The highest BCUT2D eigenvalue weighted by Gasteiger charge is 2.40. The molecule has 0 saturated heterocycles. The van der Waals surface area contributed by atoms with Crippen LogP contribution in [0.25, 0.3) is 11.4 Å². The summed E-state index contributed by atoms with van der Waals surface area (Å²) in [6, 6.07) is 8.44. The summed E-state index contributed by atoms with van der Waals surface area (Å²) >= 11 is 6.24. The summed E-state index contributed by atoms with van der Waals surface area (Å²) in [6.45, 7) is 1.81. The summed E-state index contributed by atoms with van der Waals surface area (Å²) in [7, 11) is 1.51. The first-order valence-electron chi connectivity index (χ1n) is 11.1. The number of benzene rings is 1. The molecule has 2 aliphatic rings. The molecule has 0 bridgehead atoms. The van der Waals surface area contributed by atoms with Crippen molar-refractivity contribution in [1.82, 2.24) is 29.6 Å². The van der Waals surface area contributed by atoms with Gasteiger partial charge in [0.25, 0.3) is 5.91 Å². The molecule has 1 aliphatic heterocycles. The molecule has 1 aromatic carbocycles. The largest absolute Gasteiger partial charge is 0.467 e. The average Bonchev–Trinajstić information content (AvgIpc) is 3.30. The van der Waals surface area contributed by atoms with Crippen molar-refractivity contribution in [3.63, 3.8) is 0 Å². The van der Waals surface area contributed by atoms with E-state index in [1.807, 2.05) is 27.7 Å². The van der Waals surface area contributed by atoms with E-state index in [4.69, 9.17) is 22.1 Å². The van der Waals surface area contributed by atoms with E-state index in [2.05, 4.69) is 26.2 Å². The zero-order valence-corrected chi connectivity index (χ0v) is 19.2. The van der Waals surface area contributed by atoms with Gasteiger partial charge in [-0.05, 0) is 43.4 Å². The van der Waals surface area contributed by atoms with Gasteiger partial charge in [-0.3, -0.25) is 4.79 Å². The average molecular weight is 468 g/mol. The van der Waals surface area contributed by atoms with Crippen LogP contribution >= 0.6 is 11.6 Å². The van der Waals surface area contributed by atoms with Crippen LogP contribution in [0.15, 0.2) is 36.7 Å². The molecule has 1 saturated carbocycles. The summed E-state index contributed by atoms with van der Waals surface area (Å²) in [5.41, 5.74) is 8.04. The lowest BCUT2D eigenvalue weighted by Gasteiger charge is -2.44. The first kappa shape index (κ1) is 21.8. The number of carbonyl (C=O) groups excluding carboxylic acids is 1. The van der Waals surface area contributed by atoms with Gasteiger partial charge in [0.2, 0.25) is 5.82 Å². The molecular weight excluding hydrogens is 442 g/mol.